The number of nitrogens with one attached hydrogen (secondary N) is 1. The van der Waals surface area contributed by atoms with Gasteiger partial charge >= 0.3 is 0 Å². The fourth-order valence-corrected chi connectivity index (χ4v) is 4.24. The number of anilines is 1. The van der Waals surface area contributed by atoms with Crippen LogP contribution in [-0.4, -0.2) is 58.9 Å². The molecule has 0 spiro atoms. The molecule has 32 heavy (non-hydrogen) atoms. The molecule has 0 unspecified atom stereocenters. The van der Waals surface area contributed by atoms with E-state index in [9.17, 15) is 5.11 Å². The lowest BCUT2D eigenvalue weighted by Crippen LogP contribution is -2.44. The van der Waals surface area contributed by atoms with Crippen molar-refractivity contribution in [2.24, 2.45) is 4.99 Å². The number of aryl methyl sites for hydroxylation is 1. The van der Waals surface area contributed by atoms with Gasteiger partial charge in [-0.25, -0.2) is 4.99 Å². The summed E-state index contributed by atoms with van der Waals surface area (Å²) >= 11 is 0. The van der Waals surface area contributed by atoms with Gasteiger partial charge in [0, 0.05) is 60.7 Å². The van der Waals surface area contributed by atoms with Gasteiger partial charge in [-0.3, -0.25) is 4.98 Å². The first-order valence-electron chi connectivity index (χ1n) is 10.9. The Bertz CT molecular complexity index is 1250. The molecule has 6 nitrogen and oxygen atoms in total. The van der Waals surface area contributed by atoms with E-state index in [0.717, 1.165) is 53.9 Å². The summed E-state index contributed by atoms with van der Waals surface area (Å²) in [5.74, 6) is 0.113. The number of aromatic amines is 1. The van der Waals surface area contributed by atoms with Gasteiger partial charge in [0.25, 0.3) is 0 Å². The molecule has 0 bridgehead atoms. The lowest BCUT2D eigenvalue weighted by Gasteiger charge is -2.34. The largest absolute Gasteiger partial charge is 0.494 e. The quantitative estimate of drug-likeness (QED) is 0.473. The molecular weight excluding hydrogens is 398 g/mol. The van der Waals surface area contributed by atoms with Gasteiger partial charge < -0.3 is 19.9 Å². The van der Waals surface area contributed by atoms with Crippen LogP contribution in [0.25, 0.3) is 10.9 Å². The lowest BCUT2D eigenvalue weighted by atomic mass is 10.0. The van der Waals surface area contributed by atoms with E-state index in [1.807, 2.05) is 49.4 Å². The average Bonchev–Trinajstić information content (AvgIpc) is 3.13. The number of piperazine rings is 1. The van der Waals surface area contributed by atoms with E-state index >= 15 is 0 Å². The predicted octanol–water partition coefficient (Wildman–Crippen LogP) is 4.50. The number of aromatic nitrogens is 2. The Morgan fingerprint density at radius 1 is 1.03 bits per heavy atom. The van der Waals surface area contributed by atoms with Crippen molar-refractivity contribution in [2.45, 2.75) is 6.92 Å². The minimum atomic E-state index is 0.113. The van der Waals surface area contributed by atoms with Crippen molar-refractivity contribution < 1.29 is 5.11 Å². The number of aromatic hydroxyl groups is 1. The van der Waals surface area contributed by atoms with Crippen molar-refractivity contribution in [3.63, 3.8) is 0 Å². The second kappa shape index (κ2) is 8.48. The minimum absolute atomic E-state index is 0.113. The summed E-state index contributed by atoms with van der Waals surface area (Å²) in [7, 11) is 2.16. The van der Waals surface area contributed by atoms with Crippen LogP contribution in [-0.2, 0) is 0 Å². The number of pyridine rings is 1. The van der Waals surface area contributed by atoms with Gasteiger partial charge in [0.2, 0.25) is 0 Å². The molecule has 0 radical (unpaired) electrons. The molecular formula is C26H27N5O. The van der Waals surface area contributed by atoms with Crippen LogP contribution in [0.4, 0.5) is 11.4 Å². The highest BCUT2D eigenvalue weighted by atomic mass is 16.3. The summed E-state index contributed by atoms with van der Waals surface area (Å²) in [5.41, 5.74) is 6.30. The summed E-state index contributed by atoms with van der Waals surface area (Å²) in [4.78, 5) is 17.1. The Kier molecular flexibility index (Phi) is 5.37. The molecule has 2 aromatic carbocycles. The van der Waals surface area contributed by atoms with Crippen LogP contribution < -0.4 is 4.90 Å². The van der Waals surface area contributed by atoms with E-state index in [-0.39, 0.29) is 5.88 Å². The van der Waals surface area contributed by atoms with E-state index in [2.05, 4.69) is 38.9 Å². The molecule has 1 saturated heterocycles. The number of likely N-dealkylation sites (N-methyl/N-ethyl adjacent to an activating group) is 1. The number of benzene rings is 2. The topological polar surface area (TPSA) is 67.8 Å². The molecule has 6 heteroatoms. The maximum absolute atomic E-state index is 10.8. The zero-order chi connectivity index (χ0) is 22.1. The fraction of sp³-hybridized carbons (Fsp3) is 0.231. The van der Waals surface area contributed by atoms with E-state index in [0.29, 0.717) is 11.3 Å². The maximum atomic E-state index is 10.8. The Morgan fingerprint density at radius 3 is 2.53 bits per heavy atom. The third-order valence-electron chi connectivity index (χ3n) is 6.07. The molecule has 5 rings (SSSR count). The van der Waals surface area contributed by atoms with Crippen LogP contribution in [0.2, 0.25) is 0 Å². The zero-order valence-electron chi connectivity index (χ0n) is 18.4. The van der Waals surface area contributed by atoms with Gasteiger partial charge in [-0.15, -0.1) is 0 Å². The molecule has 0 aliphatic carbocycles. The zero-order valence-corrected chi connectivity index (χ0v) is 18.4. The predicted molar refractivity (Wildman–Crippen MR) is 130 cm³/mol. The molecule has 3 heterocycles. The average molecular weight is 426 g/mol. The highest BCUT2D eigenvalue weighted by Gasteiger charge is 2.19. The number of H-pyrrole nitrogens is 1. The second-order valence-electron chi connectivity index (χ2n) is 8.41. The Balaban J connectivity index is 1.56. The molecule has 2 aromatic heterocycles. The van der Waals surface area contributed by atoms with E-state index < -0.39 is 0 Å². The third kappa shape index (κ3) is 3.97. The highest BCUT2D eigenvalue weighted by molar-refractivity contribution is 6.21. The first-order chi connectivity index (χ1) is 15.6. The number of aliphatic imine (C=N–C) groups is 1. The molecule has 1 aliphatic rings. The van der Waals surface area contributed by atoms with E-state index in [1.165, 1.54) is 5.69 Å². The van der Waals surface area contributed by atoms with Crippen molar-refractivity contribution in [3.8, 4) is 5.88 Å². The summed E-state index contributed by atoms with van der Waals surface area (Å²) in [6, 6.07) is 18.3. The molecule has 4 aromatic rings. The summed E-state index contributed by atoms with van der Waals surface area (Å²) < 4.78 is 0. The number of hydrogen-bond donors (Lipinski definition) is 2. The van der Waals surface area contributed by atoms with Gasteiger partial charge in [0.05, 0.1) is 17.0 Å². The summed E-state index contributed by atoms with van der Waals surface area (Å²) in [6.07, 6.45) is 3.52. The third-order valence-corrected chi connectivity index (χ3v) is 6.07. The van der Waals surface area contributed by atoms with Crippen LogP contribution in [0.15, 0.2) is 72.0 Å². The Labute approximate surface area is 187 Å². The molecule has 0 saturated carbocycles. The van der Waals surface area contributed by atoms with Crippen molar-refractivity contribution in [1.82, 2.24) is 14.9 Å². The van der Waals surface area contributed by atoms with Crippen LogP contribution in [0.5, 0.6) is 5.88 Å². The number of nitrogens with zero attached hydrogens (tertiary/aromatic N) is 4. The molecule has 0 atom stereocenters. The van der Waals surface area contributed by atoms with Crippen molar-refractivity contribution >= 4 is 28.0 Å². The molecule has 1 fully saturated rings. The first-order valence-corrected chi connectivity index (χ1v) is 10.9. The first kappa shape index (κ1) is 20.3. The van der Waals surface area contributed by atoms with E-state index in [1.54, 1.807) is 12.4 Å². The normalized spacial score (nSPS) is 15.4. The van der Waals surface area contributed by atoms with Gasteiger partial charge in [-0.05, 0) is 62.0 Å². The number of rotatable bonds is 4. The van der Waals surface area contributed by atoms with Gasteiger partial charge in [0.1, 0.15) is 0 Å². The van der Waals surface area contributed by atoms with E-state index in [4.69, 9.17) is 4.99 Å². The molecule has 1 aliphatic heterocycles. The highest BCUT2D eigenvalue weighted by Crippen LogP contribution is 2.32. The van der Waals surface area contributed by atoms with Gasteiger partial charge in [-0.1, -0.05) is 12.1 Å². The number of fused-ring (bicyclic) bond motifs is 1. The number of hydrogen-bond acceptors (Lipinski definition) is 5. The Morgan fingerprint density at radius 2 is 1.81 bits per heavy atom. The van der Waals surface area contributed by atoms with Crippen molar-refractivity contribution in [3.05, 3.63) is 83.7 Å². The van der Waals surface area contributed by atoms with Crippen molar-refractivity contribution in [2.75, 3.05) is 38.1 Å². The SMILES string of the molecule is Cc1ccc2c(C(=Nc3ccc(N4CCN(C)CC4)cc3)c3cccnc3)c(O)[nH]c2c1. The van der Waals surface area contributed by atoms with Gasteiger partial charge in [-0.2, -0.15) is 0 Å². The van der Waals surface area contributed by atoms with Crippen LogP contribution in [0.3, 0.4) is 0 Å². The summed E-state index contributed by atoms with van der Waals surface area (Å²) in [5, 5.41) is 11.7. The Hall–Kier alpha value is -3.64. The summed E-state index contributed by atoms with van der Waals surface area (Å²) in [6.45, 7) is 6.25. The van der Waals surface area contributed by atoms with Gasteiger partial charge in [0.15, 0.2) is 5.88 Å². The molecule has 0 amide bonds. The standard InChI is InChI=1S/C26H27N5O/c1-18-5-10-22-23(16-18)29-26(32)24(22)25(19-4-3-11-27-17-19)28-20-6-8-21(9-7-20)31-14-12-30(2)13-15-31/h3-11,16-17,29,32H,12-15H2,1-2H3. The molecule has 162 valence electrons. The lowest BCUT2D eigenvalue weighted by molar-refractivity contribution is 0.313. The van der Waals surface area contributed by atoms with Crippen molar-refractivity contribution in [1.29, 1.82) is 0 Å². The second-order valence-corrected chi connectivity index (χ2v) is 8.41. The van der Waals surface area contributed by atoms with Crippen LogP contribution in [0.1, 0.15) is 16.7 Å². The fourth-order valence-electron chi connectivity index (χ4n) is 4.24. The smallest absolute Gasteiger partial charge is 0.199 e. The van der Waals surface area contributed by atoms with Crippen LogP contribution in [0, 0.1) is 6.92 Å². The molecule has 2 N–H and O–H groups in total. The van der Waals surface area contributed by atoms with Crippen LogP contribution >= 0.6 is 0 Å². The maximum Gasteiger partial charge on any atom is 0.199 e. The monoisotopic (exact) mass is 425 g/mol. The minimum Gasteiger partial charge on any atom is -0.494 e.